The second-order valence-corrected chi connectivity index (χ2v) is 7.37. The van der Waals surface area contributed by atoms with E-state index < -0.39 is 24.4 Å². The van der Waals surface area contributed by atoms with Crippen molar-refractivity contribution in [1.29, 1.82) is 0 Å². The first-order chi connectivity index (χ1) is 14.0. The molecule has 1 aliphatic heterocycles. The predicted octanol–water partition coefficient (Wildman–Crippen LogP) is 2.95. The summed E-state index contributed by atoms with van der Waals surface area (Å²) < 4.78 is 10.2. The van der Waals surface area contributed by atoms with Crippen molar-refractivity contribution in [3.63, 3.8) is 0 Å². The molecule has 2 aromatic rings. The number of methoxy groups -OCH3 is 1. The van der Waals surface area contributed by atoms with E-state index in [1.807, 2.05) is 30.5 Å². The van der Waals surface area contributed by atoms with Crippen molar-refractivity contribution in [2.24, 2.45) is 5.92 Å². The van der Waals surface area contributed by atoms with Crippen molar-refractivity contribution in [1.82, 2.24) is 0 Å². The van der Waals surface area contributed by atoms with Crippen LogP contribution in [-0.4, -0.2) is 44.3 Å². The standard InChI is InChI=1S/C21H22N2O5S/c1-27-17-7-3-5-15(10-17)22-19(24)13-28-21(26)14-9-20(25)23(12-14)16-6-4-8-18(11-16)29-2/h3-8,10-11,14H,9,12-13H2,1-2H3,(H,22,24)/t14-/m0/s1. The zero-order valence-corrected chi connectivity index (χ0v) is 17.0. The van der Waals surface area contributed by atoms with E-state index in [1.54, 1.807) is 40.9 Å². The van der Waals surface area contributed by atoms with Crippen LogP contribution in [-0.2, 0) is 19.1 Å². The molecule has 0 radical (unpaired) electrons. The Morgan fingerprint density at radius 2 is 2.00 bits per heavy atom. The van der Waals surface area contributed by atoms with E-state index in [0.717, 1.165) is 10.6 Å². The molecule has 3 rings (SSSR count). The fraction of sp³-hybridized carbons (Fsp3) is 0.286. The number of ether oxygens (including phenoxy) is 2. The minimum atomic E-state index is -0.593. The number of carbonyl (C=O) groups is 3. The summed E-state index contributed by atoms with van der Waals surface area (Å²) in [5, 5.41) is 2.64. The minimum Gasteiger partial charge on any atom is -0.497 e. The van der Waals surface area contributed by atoms with E-state index in [2.05, 4.69) is 5.32 Å². The molecule has 0 aromatic heterocycles. The number of amides is 2. The minimum absolute atomic E-state index is 0.0693. The van der Waals surface area contributed by atoms with E-state index >= 15 is 0 Å². The summed E-state index contributed by atoms with van der Waals surface area (Å²) in [6, 6.07) is 14.5. The molecule has 0 bridgehead atoms. The van der Waals surface area contributed by atoms with Crippen LogP contribution < -0.4 is 15.0 Å². The quantitative estimate of drug-likeness (QED) is 0.554. The van der Waals surface area contributed by atoms with Crippen LogP contribution in [0.3, 0.4) is 0 Å². The van der Waals surface area contributed by atoms with E-state index in [0.29, 0.717) is 11.4 Å². The Labute approximate surface area is 173 Å². The van der Waals surface area contributed by atoms with Crippen molar-refractivity contribution < 1.29 is 23.9 Å². The molecule has 0 spiro atoms. The molecule has 0 aliphatic carbocycles. The lowest BCUT2D eigenvalue weighted by Gasteiger charge is -2.17. The van der Waals surface area contributed by atoms with Crippen LogP contribution in [0.2, 0.25) is 0 Å². The highest BCUT2D eigenvalue weighted by Gasteiger charge is 2.36. The van der Waals surface area contributed by atoms with Crippen molar-refractivity contribution in [2.45, 2.75) is 11.3 Å². The number of nitrogens with one attached hydrogen (secondary N) is 1. The Hall–Kier alpha value is -3.00. The first-order valence-electron chi connectivity index (χ1n) is 9.05. The number of nitrogens with zero attached hydrogens (tertiary/aromatic N) is 1. The normalized spacial score (nSPS) is 15.9. The molecule has 1 heterocycles. The van der Waals surface area contributed by atoms with Crippen molar-refractivity contribution >= 4 is 40.9 Å². The van der Waals surface area contributed by atoms with Gasteiger partial charge in [-0.05, 0) is 36.6 Å². The molecular weight excluding hydrogens is 392 g/mol. The zero-order chi connectivity index (χ0) is 20.8. The molecule has 1 saturated heterocycles. The van der Waals surface area contributed by atoms with E-state index in [4.69, 9.17) is 9.47 Å². The summed E-state index contributed by atoms with van der Waals surface area (Å²) in [4.78, 5) is 39.4. The lowest BCUT2D eigenvalue weighted by atomic mass is 10.1. The third-order valence-corrected chi connectivity index (χ3v) is 5.25. The SMILES string of the molecule is COc1cccc(NC(=O)COC(=O)[C@H]2CC(=O)N(c3cccc(SC)c3)C2)c1. The Bertz CT molecular complexity index is 917. The van der Waals surface area contributed by atoms with Gasteiger partial charge in [-0.25, -0.2) is 0 Å². The van der Waals surface area contributed by atoms with Gasteiger partial charge in [0.2, 0.25) is 5.91 Å². The Morgan fingerprint density at radius 1 is 1.21 bits per heavy atom. The highest BCUT2D eigenvalue weighted by molar-refractivity contribution is 7.98. The van der Waals surface area contributed by atoms with Gasteiger partial charge in [0.25, 0.3) is 5.91 Å². The molecule has 2 amide bonds. The molecule has 7 nitrogen and oxygen atoms in total. The molecule has 1 atom stereocenters. The lowest BCUT2D eigenvalue weighted by Crippen LogP contribution is -2.28. The van der Waals surface area contributed by atoms with E-state index in [-0.39, 0.29) is 18.9 Å². The highest BCUT2D eigenvalue weighted by Crippen LogP contribution is 2.28. The first kappa shape index (κ1) is 20.7. The predicted molar refractivity (Wildman–Crippen MR) is 111 cm³/mol. The molecule has 29 heavy (non-hydrogen) atoms. The summed E-state index contributed by atoms with van der Waals surface area (Å²) in [6.45, 7) is -0.171. The molecule has 1 aliphatic rings. The monoisotopic (exact) mass is 414 g/mol. The van der Waals surface area contributed by atoms with Gasteiger partial charge in [0.15, 0.2) is 6.61 Å². The van der Waals surface area contributed by atoms with E-state index in [1.165, 1.54) is 7.11 Å². The molecule has 2 aromatic carbocycles. The summed E-state index contributed by atoms with van der Waals surface area (Å²) in [5.74, 6) is -1.13. The van der Waals surface area contributed by atoms with Gasteiger partial charge in [-0.1, -0.05) is 12.1 Å². The fourth-order valence-corrected chi connectivity index (χ4v) is 3.50. The van der Waals surface area contributed by atoms with Gasteiger partial charge in [0, 0.05) is 35.3 Å². The van der Waals surface area contributed by atoms with Crippen molar-refractivity contribution in [2.75, 3.05) is 36.7 Å². The van der Waals surface area contributed by atoms with Gasteiger partial charge in [0.1, 0.15) is 5.75 Å². The van der Waals surface area contributed by atoms with Gasteiger partial charge in [-0.3, -0.25) is 14.4 Å². The van der Waals surface area contributed by atoms with Crippen LogP contribution in [0, 0.1) is 5.92 Å². The number of anilines is 2. The zero-order valence-electron chi connectivity index (χ0n) is 16.2. The molecule has 0 unspecified atom stereocenters. The number of hydrogen-bond donors (Lipinski definition) is 1. The van der Waals surface area contributed by atoms with Gasteiger partial charge < -0.3 is 19.7 Å². The van der Waals surface area contributed by atoms with Crippen LogP contribution in [0.15, 0.2) is 53.4 Å². The van der Waals surface area contributed by atoms with Crippen LogP contribution in [0.25, 0.3) is 0 Å². The summed E-state index contributed by atoms with van der Waals surface area (Å²) in [6.07, 6.45) is 2.03. The van der Waals surface area contributed by atoms with E-state index in [9.17, 15) is 14.4 Å². The maximum absolute atomic E-state index is 12.3. The summed E-state index contributed by atoms with van der Waals surface area (Å²) in [5.41, 5.74) is 1.30. The highest BCUT2D eigenvalue weighted by atomic mass is 32.2. The maximum atomic E-state index is 12.3. The maximum Gasteiger partial charge on any atom is 0.311 e. The third kappa shape index (κ3) is 5.29. The third-order valence-electron chi connectivity index (χ3n) is 4.52. The fourth-order valence-electron chi connectivity index (χ4n) is 3.05. The van der Waals surface area contributed by atoms with Crippen LogP contribution in [0.4, 0.5) is 11.4 Å². The molecule has 1 N–H and O–H groups in total. The Balaban J connectivity index is 1.53. The molecule has 0 saturated carbocycles. The number of rotatable bonds is 7. The smallest absolute Gasteiger partial charge is 0.311 e. The number of carbonyl (C=O) groups excluding carboxylic acids is 3. The number of benzene rings is 2. The van der Waals surface area contributed by atoms with Crippen molar-refractivity contribution in [3.8, 4) is 5.75 Å². The molecular formula is C21H22N2O5S. The average Bonchev–Trinajstić information content (AvgIpc) is 3.14. The summed E-state index contributed by atoms with van der Waals surface area (Å²) >= 11 is 1.58. The van der Waals surface area contributed by atoms with Gasteiger partial charge in [-0.2, -0.15) is 0 Å². The Morgan fingerprint density at radius 3 is 2.76 bits per heavy atom. The van der Waals surface area contributed by atoms with Crippen molar-refractivity contribution in [3.05, 3.63) is 48.5 Å². The second kappa shape index (κ2) is 9.47. The van der Waals surface area contributed by atoms with Crippen LogP contribution in [0.5, 0.6) is 5.75 Å². The molecule has 152 valence electrons. The molecule has 8 heteroatoms. The van der Waals surface area contributed by atoms with Crippen LogP contribution >= 0.6 is 11.8 Å². The topological polar surface area (TPSA) is 84.9 Å². The average molecular weight is 414 g/mol. The van der Waals surface area contributed by atoms with Gasteiger partial charge >= 0.3 is 5.97 Å². The number of thioether (sulfide) groups is 1. The molecule has 1 fully saturated rings. The van der Waals surface area contributed by atoms with Crippen LogP contribution in [0.1, 0.15) is 6.42 Å². The second-order valence-electron chi connectivity index (χ2n) is 6.49. The van der Waals surface area contributed by atoms with Gasteiger partial charge in [-0.15, -0.1) is 11.8 Å². The summed E-state index contributed by atoms with van der Waals surface area (Å²) in [7, 11) is 1.53. The van der Waals surface area contributed by atoms with Gasteiger partial charge in [0.05, 0.1) is 13.0 Å². The number of esters is 1. The lowest BCUT2D eigenvalue weighted by molar-refractivity contribution is -0.151. The number of hydrogen-bond acceptors (Lipinski definition) is 6. The largest absolute Gasteiger partial charge is 0.497 e. The first-order valence-corrected chi connectivity index (χ1v) is 10.3. The Kier molecular flexibility index (Phi) is 6.77.